The molecule has 0 heterocycles. The van der Waals surface area contributed by atoms with Gasteiger partial charge in [0.15, 0.2) is 11.5 Å². The van der Waals surface area contributed by atoms with Gasteiger partial charge in [-0.2, -0.15) is 0 Å². The zero-order chi connectivity index (χ0) is 14.5. The molecule has 0 radical (unpaired) electrons. The van der Waals surface area contributed by atoms with Crippen LogP contribution in [0.25, 0.3) is 0 Å². The average Bonchev–Trinajstić information content (AvgIpc) is 3.22. The van der Waals surface area contributed by atoms with Gasteiger partial charge in [-0.1, -0.05) is 6.07 Å². The van der Waals surface area contributed by atoms with Gasteiger partial charge in [-0.25, -0.2) is 0 Å². The predicted octanol–water partition coefficient (Wildman–Crippen LogP) is 1.76. The summed E-state index contributed by atoms with van der Waals surface area (Å²) in [6, 6.07) is 5.94. The summed E-state index contributed by atoms with van der Waals surface area (Å²) in [6.45, 7) is 2.25. The molecule has 0 aromatic heterocycles. The second kappa shape index (κ2) is 6.61. The highest BCUT2D eigenvalue weighted by Crippen LogP contribution is 2.29. The molecule has 0 saturated heterocycles. The molecule has 1 aromatic rings. The summed E-state index contributed by atoms with van der Waals surface area (Å²) < 4.78 is 10.9. The SMILES string of the molecule is COc1cc([C@H](C)N)ccc1OCCC(=O)NC1CC1. The molecule has 1 aliphatic rings. The molecule has 2 rings (SSSR count). The molecule has 1 atom stereocenters. The zero-order valence-electron chi connectivity index (χ0n) is 12.0. The van der Waals surface area contributed by atoms with Crippen LogP contribution in [0.4, 0.5) is 0 Å². The molecule has 5 heteroatoms. The number of hydrogen-bond donors (Lipinski definition) is 2. The van der Waals surface area contributed by atoms with E-state index in [-0.39, 0.29) is 11.9 Å². The van der Waals surface area contributed by atoms with Crippen LogP contribution in [-0.4, -0.2) is 25.7 Å². The molecule has 20 heavy (non-hydrogen) atoms. The number of carbonyl (C=O) groups is 1. The second-order valence-electron chi connectivity index (χ2n) is 5.14. The van der Waals surface area contributed by atoms with Gasteiger partial charge in [0.25, 0.3) is 0 Å². The fraction of sp³-hybridized carbons (Fsp3) is 0.533. The lowest BCUT2D eigenvalue weighted by Crippen LogP contribution is -2.26. The summed E-state index contributed by atoms with van der Waals surface area (Å²) in [6.07, 6.45) is 2.55. The molecular formula is C15H22N2O3. The molecule has 1 aromatic carbocycles. The predicted molar refractivity (Wildman–Crippen MR) is 76.9 cm³/mol. The third kappa shape index (κ3) is 4.13. The molecule has 110 valence electrons. The zero-order valence-corrected chi connectivity index (χ0v) is 12.0. The largest absolute Gasteiger partial charge is 0.493 e. The van der Waals surface area contributed by atoms with Crippen LogP contribution in [0.1, 0.15) is 37.8 Å². The van der Waals surface area contributed by atoms with E-state index < -0.39 is 0 Å². The molecule has 1 saturated carbocycles. The Hall–Kier alpha value is -1.75. The van der Waals surface area contributed by atoms with Crippen LogP contribution in [0, 0.1) is 0 Å². The van der Waals surface area contributed by atoms with Crippen LogP contribution in [0.5, 0.6) is 11.5 Å². The van der Waals surface area contributed by atoms with Gasteiger partial charge in [-0.05, 0) is 37.5 Å². The van der Waals surface area contributed by atoms with Gasteiger partial charge in [0.1, 0.15) is 0 Å². The van der Waals surface area contributed by atoms with Gasteiger partial charge in [0, 0.05) is 12.1 Å². The number of hydrogen-bond acceptors (Lipinski definition) is 4. The molecule has 0 bridgehead atoms. The van der Waals surface area contributed by atoms with Crippen molar-refractivity contribution in [3.05, 3.63) is 23.8 Å². The van der Waals surface area contributed by atoms with Crippen LogP contribution >= 0.6 is 0 Å². The van der Waals surface area contributed by atoms with Crippen LogP contribution in [0.3, 0.4) is 0 Å². The number of ether oxygens (including phenoxy) is 2. The van der Waals surface area contributed by atoms with Crippen LogP contribution in [0.15, 0.2) is 18.2 Å². The van der Waals surface area contributed by atoms with E-state index in [0.717, 1.165) is 18.4 Å². The minimum Gasteiger partial charge on any atom is -0.493 e. The van der Waals surface area contributed by atoms with Crippen molar-refractivity contribution in [3.8, 4) is 11.5 Å². The van der Waals surface area contributed by atoms with Crippen LogP contribution in [0.2, 0.25) is 0 Å². The summed E-state index contributed by atoms with van der Waals surface area (Å²) in [7, 11) is 1.59. The van der Waals surface area contributed by atoms with E-state index in [1.54, 1.807) is 7.11 Å². The van der Waals surface area contributed by atoms with E-state index in [1.807, 2.05) is 25.1 Å². The number of methoxy groups -OCH3 is 1. The Morgan fingerprint density at radius 1 is 1.45 bits per heavy atom. The Balaban J connectivity index is 1.86. The standard InChI is InChI=1S/C15H22N2O3/c1-10(16)11-3-6-13(14(9-11)19-2)20-8-7-15(18)17-12-4-5-12/h3,6,9-10,12H,4-5,7-8,16H2,1-2H3,(H,17,18)/t10-/m0/s1. The third-order valence-electron chi connectivity index (χ3n) is 3.24. The molecular weight excluding hydrogens is 256 g/mol. The highest BCUT2D eigenvalue weighted by atomic mass is 16.5. The number of nitrogens with two attached hydrogens (primary N) is 1. The Morgan fingerprint density at radius 3 is 2.80 bits per heavy atom. The molecule has 1 fully saturated rings. The van der Waals surface area contributed by atoms with Crippen molar-refractivity contribution >= 4 is 5.91 Å². The number of nitrogens with one attached hydrogen (secondary N) is 1. The van der Waals surface area contributed by atoms with Crippen LogP contribution in [-0.2, 0) is 4.79 Å². The van der Waals surface area contributed by atoms with Gasteiger partial charge in [0.2, 0.25) is 5.91 Å². The first kappa shape index (κ1) is 14.7. The van der Waals surface area contributed by atoms with Crippen LogP contribution < -0.4 is 20.5 Å². The van der Waals surface area contributed by atoms with E-state index in [2.05, 4.69) is 5.32 Å². The van der Waals surface area contributed by atoms with Crippen molar-refractivity contribution in [2.75, 3.05) is 13.7 Å². The molecule has 3 N–H and O–H groups in total. The average molecular weight is 278 g/mol. The Morgan fingerprint density at radius 2 is 2.20 bits per heavy atom. The monoisotopic (exact) mass is 278 g/mol. The van der Waals surface area contributed by atoms with Gasteiger partial charge < -0.3 is 20.5 Å². The molecule has 1 aliphatic carbocycles. The second-order valence-corrected chi connectivity index (χ2v) is 5.14. The Kier molecular flexibility index (Phi) is 4.84. The van der Waals surface area contributed by atoms with Crippen molar-refractivity contribution in [2.24, 2.45) is 5.73 Å². The van der Waals surface area contributed by atoms with Crippen molar-refractivity contribution in [2.45, 2.75) is 38.3 Å². The Labute approximate surface area is 119 Å². The third-order valence-corrected chi connectivity index (χ3v) is 3.24. The fourth-order valence-corrected chi connectivity index (χ4v) is 1.87. The highest BCUT2D eigenvalue weighted by molar-refractivity contribution is 5.76. The van der Waals surface area contributed by atoms with E-state index in [9.17, 15) is 4.79 Å². The molecule has 0 unspecified atom stereocenters. The number of amides is 1. The quantitative estimate of drug-likeness (QED) is 0.797. The van der Waals surface area contributed by atoms with Crippen molar-refractivity contribution in [1.82, 2.24) is 5.32 Å². The van der Waals surface area contributed by atoms with E-state index in [4.69, 9.17) is 15.2 Å². The first-order valence-corrected chi connectivity index (χ1v) is 6.96. The summed E-state index contributed by atoms with van der Waals surface area (Å²) in [4.78, 5) is 11.5. The Bertz CT molecular complexity index is 470. The highest BCUT2D eigenvalue weighted by Gasteiger charge is 2.22. The molecule has 0 spiro atoms. The number of carbonyl (C=O) groups excluding carboxylic acids is 1. The van der Waals surface area contributed by atoms with Crippen molar-refractivity contribution in [1.29, 1.82) is 0 Å². The van der Waals surface area contributed by atoms with E-state index in [0.29, 0.717) is 30.6 Å². The maximum Gasteiger partial charge on any atom is 0.223 e. The fourth-order valence-electron chi connectivity index (χ4n) is 1.87. The number of rotatable bonds is 7. The smallest absolute Gasteiger partial charge is 0.223 e. The minimum absolute atomic E-state index is 0.0404. The lowest BCUT2D eigenvalue weighted by atomic mass is 10.1. The van der Waals surface area contributed by atoms with E-state index in [1.165, 1.54) is 0 Å². The molecule has 1 amide bonds. The van der Waals surface area contributed by atoms with Crippen molar-refractivity contribution < 1.29 is 14.3 Å². The molecule has 5 nitrogen and oxygen atoms in total. The van der Waals surface area contributed by atoms with Gasteiger partial charge in [-0.15, -0.1) is 0 Å². The lowest BCUT2D eigenvalue weighted by Gasteiger charge is -2.13. The maximum absolute atomic E-state index is 11.5. The summed E-state index contributed by atoms with van der Waals surface area (Å²) >= 11 is 0. The lowest BCUT2D eigenvalue weighted by molar-refractivity contribution is -0.121. The van der Waals surface area contributed by atoms with Gasteiger partial charge in [-0.3, -0.25) is 4.79 Å². The van der Waals surface area contributed by atoms with E-state index >= 15 is 0 Å². The maximum atomic E-state index is 11.5. The topological polar surface area (TPSA) is 73.6 Å². The minimum atomic E-state index is -0.0535. The summed E-state index contributed by atoms with van der Waals surface area (Å²) in [5.41, 5.74) is 6.82. The van der Waals surface area contributed by atoms with Crippen molar-refractivity contribution in [3.63, 3.8) is 0 Å². The first-order chi connectivity index (χ1) is 9.60. The molecule has 0 aliphatic heterocycles. The normalized spacial score (nSPS) is 15.6. The summed E-state index contributed by atoms with van der Waals surface area (Å²) in [5.74, 6) is 1.32. The van der Waals surface area contributed by atoms with Gasteiger partial charge in [0.05, 0.1) is 20.1 Å². The van der Waals surface area contributed by atoms with Gasteiger partial charge >= 0.3 is 0 Å². The summed E-state index contributed by atoms with van der Waals surface area (Å²) in [5, 5.41) is 2.93. The first-order valence-electron chi connectivity index (χ1n) is 6.96. The number of benzene rings is 1.